The Bertz CT molecular complexity index is 845. The third-order valence-electron chi connectivity index (χ3n) is 8.66. The lowest BCUT2D eigenvalue weighted by Crippen LogP contribution is -2.45. The van der Waals surface area contributed by atoms with E-state index in [4.69, 9.17) is 9.05 Å². The number of aliphatic hydroxyl groups excluding tert-OH is 1. The molecule has 0 radical (unpaired) electrons. The van der Waals surface area contributed by atoms with Crippen molar-refractivity contribution in [2.75, 3.05) is 40.9 Å². The van der Waals surface area contributed by atoms with Crippen LogP contribution >= 0.6 is 7.82 Å². The fraction of sp³-hybridized carbons (Fsp3) is 0.872. The molecule has 0 aliphatic carbocycles. The number of phosphoric ester groups is 1. The van der Waals surface area contributed by atoms with Crippen molar-refractivity contribution in [2.45, 2.75) is 180 Å². The van der Waals surface area contributed by atoms with E-state index in [9.17, 15) is 19.4 Å². The summed E-state index contributed by atoms with van der Waals surface area (Å²) in [6.07, 6.45) is 35.6. The molecule has 3 N–H and O–H groups in total. The van der Waals surface area contributed by atoms with E-state index in [1.807, 2.05) is 27.2 Å². The van der Waals surface area contributed by atoms with Gasteiger partial charge < -0.3 is 19.8 Å². The number of nitrogens with one attached hydrogen (secondary N) is 1. The van der Waals surface area contributed by atoms with Gasteiger partial charge in [-0.2, -0.15) is 0 Å². The zero-order valence-corrected chi connectivity index (χ0v) is 32.9. The quantitative estimate of drug-likeness (QED) is 0.0263. The smallest absolute Gasteiger partial charge is 0.387 e. The normalized spacial score (nSPS) is 14.9. The van der Waals surface area contributed by atoms with E-state index in [-0.39, 0.29) is 19.1 Å². The molecule has 0 aliphatic heterocycles. The third-order valence-corrected chi connectivity index (χ3v) is 9.64. The van der Waals surface area contributed by atoms with Gasteiger partial charge in [0, 0.05) is 6.42 Å². The number of amides is 1. The van der Waals surface area contributed by atoms with Crippen molar-refractivity contribution in [2.24, 2.45) is 0 Å². The molecule has 0 heterocycles. The van der Waals surface area contributed by atoms with Gasteiger partial charge in [0.2, 0.25) is 5.91 Å². The van der Waals surface area contributed by atoms with Gasteiger partial charge in [-0.3, -0.25) is 13.8 Å². The highest BCUT2D eigenvalue weighted by atomic mass is 31.2. The van der Waals surface area contributed by atoms with Gasteiger partial charge in [-0.25, -0.2) is 4.57 Å². The van der Waals surface area contributed by atoms with Crippen LogP contribution in [0.4, 0.5) is 0 Å². The SMILES string of the molecule is CCC/C=C/CC/C=C/C(O)C(COP(=O)(O)OCC[N+](C)(C)C)NC(=O)CCCCCCCCCCCCCCCCCCCCC. The number of hydrogen-bond donors (Lipinski definition) is 3. The van der Waals surface area contributed by atoms with Crippen LogP contribution in [0.3, 0.4) is 0 Å². The topological polar surface area (TPSA) is 105 Å². The molecule has 0 aliphatic rings. The average Bonchev–Trinajstić information content (AvgIpc) is 3.02. The first-order valence-corrected chi connectivity index (χ1v) is 21.2. The fourth-order valence-corrected chi connectivity index (χ4v) is 6.21. The maximum atomic E-state index is 12.7. The summed E-state index contributed by atoms with van der Waals surface area (Å²) in [5.41, 5.74) is 0. The Hall–Kier alpha value is -1.02. The molecule has 8 nitrogen and oxygen atoms in total. The second-order valence-electron chi connectivity index (χ2n) is 14.7. The van der Waals surface area contributed by atoms with E-state index >= 15 is 0 Å². The van der Waals surface area contributed by atoms with Crippen LogP contribution in [0, 0.1) is 0 Å². The standard InChI is InChI=1S/C39H77N2O6P/c1-6-8-10-12-14-15-16-17-18-19-20-21-22-23-24-25-27-29-31-33-39(43)40-37(38(42)32-30-28-26-13-11-9-7-2)36-47-48(44,45)46-35-34-41(3,4)5/h11,13,30,32,37-38,42H,6-10,12,14-29,31,33-36H2,1-5H3,(H-,40,43,44,45)/p+1/b13-11+,32-30+. The minimum atomic E-state index is -4.33. The summed E-state index contributed by atoms with van der Waals surface area (Å²) in [7, 11) is 1.55. The lowest BCUT2D eigenvalue weighted by atomic mass is 10.0. The summed E-state index contributed by atoms with van der Waals surface area (Å²) in [6.45, 7) is 4.68. The van der Waals surface area contributed by atoms with Crippen molar-refractivity contribution in [1.29, 1.82) is 0 Å². The molecule has 3 atom stereocenters. The lowest BCUT2D eigenvalue weighted by Gasteiger charge is -2.25. The van der Waals surface area contributed by atoms with Crippen LogP contribution in [0.25, 0.3) is 0 Å². The fourth-order valence-electron chi connectivity index (χ4n) is 5.47. The Kier molecular flexibility index (Phi) is 31.2. The Balaban J connectivity index is 4.26. The third kappa shape index (κ3) is 33.5. The number of phosphoric acid groups is 1. The molecule has 9 heteroatoms. The van der Waals surface area contributed by atoms with Crippen molar-refractivity contribution < 1.29 is 32.9 Å². The van der Waals surface area contributed by atoms with E-state index < -0.39 is 20.0 Å². The van der Waals surface area contributed by atoms with Gasteiger partial charge in [0.15, 0.2) is 0 Å². The minimum absolute atomic E-state index is 0.0573. The van der Waals surface area contributed by atoms with Gasteiger partial charge in [-0.1, -0.05) is 160 Å². The first-order valence-electron chi connectivity index (χ1n) is 19.7. The van der Waals surface area contributed by atoms with Crippen molar-refractivity contribution in [1.82, 2.24) is 5.32 Å². The number of hydrogen-bond acceptors (Lipinski definition) is 5. The Labute approximate surface area is 296 Å². The second kappa shape index (κ2) is 31.9. The Morgan fingerprint density at radius 3 is 1.62 bits per heavy atom. The maximum Gasteiger partial charge on any atom is 0.472 e. The first-order chi connectivity index (χ1) is 23.0. The molecule has 0 aromatic carbocycles. The molecule has 3 unspecified atom stereocenters. The molecular weight excluding hydrogens is 623 g/mol. The van der Waals surface area contributed by atoms with E-state index in [1.165, 1.54) is 103 Å². The second-order valence-corrected chi connectivity index (χ2v) is 16.1. The van der Waals surface area contributed by atoms with Crippen molar-refractivity contribution in [3.63, 3.8) is 0 Å². The molecule has 0 spiro atoms. The summed E-state index contributed by atoms with van der Waals surface area (Å²) in [5.74, 6) is -0.191. The largest absolute Gasteiger partial charge is 0.472 e. The van der Waals surface area contributed by atoms with E-state index in [2.05, 4.69) is 31.3 Å². The van der Waals surface area contributed by atoms with Crippen LogP contribution in [-0.2, 0) is 18.4 Å². The number of unbranched alkanes of at least 4 members (excludes halogenated alkanes) is 20. The number of nitrogens with zero attached hydrogens (tertiary/aromatic N) is 1. The summed E-state index contributed by atoms with van der Waals surface area (Å²) >= 11 is 0. The number of likely N-dealkylation sites (N-methyl/N-ethyl adjacent to an activating group) is 1. The van der Waals surface area contributed by atoms with Gasteiger partial charge in [-0.15, -0.1) is 0 Å². The minimum Gasteiger partial charge on any atom is -0.387 e. The maximum absolute atomic E-state index is 12.7. The highest BCUT2D eigenvalue weighted by Gasteiger charge is 2.27. The monoisotopic (exact) mass is 702 g/mol. The molecule has 0 fully saturated rings. The summed E-state index contributed by atoms with van der Waals surface area (Å²) in [4.78, 5) is 22.9. The van der Waals surface area contributed by atoms with E-state index in [1.54, 1.807) is 6.08 Å². The van der Waals surface area contributed by atoms with Crippen molar-refractivity contribution in [3.8, 4) is 0 Å². The van der Waals surface area contributed by atoms with Gasteiger partial charge in [-0.05, 0) is 25.7 Å². The molecule has 0 saturated carbocycles. The summed E-state index contributed by atoms with van der Waals surface area (Å²) in [6, 6.07) is -0.854. The summed E-state index contributed by atoms with van der Waals surface area (Å²) < 4.78 is 23.3. The molecular formula is C39H78N2O6P+. The van der Waals surface area contributed by atoms with E-state index in [0.29, 0.717) is 17.4 Å². The molecule has 48 heavy (non-hydrogen) atoms. The Morgan fingerprint density at radius 1 is 0.688 bits per heavy atom. The van der Waals surface area contributed by atoms with Crippen molar-refractivity contribution in [3.05, 3.63) is 24.3 Å². The van der Waals surface area contributed by atoms with E-state index in [0.717, 1.165) is 44.9 Å². The van der Waals surface area contributed by atoms with Crippen LogP contribution in [0.1, 0.15) is 168 Å². The van der Waals surface area contributed by atoms with Crippen LogP contribution in [0.2, 0.25) is 0 Å². The molecule has 284 valence electrons. The predicted molar refractivity (Wildman–Crippen MR) is 203 cm³/mol. The number of quaternary nitrogens is 1. The zero-order valence-electron chi connectivity index (χ0n) is 32.0. The zero-order chi connectivity index (χ0) is 35.8. The molecule has 0 bridgehead atoms. The molecule has 0 aromatic heterocycles. The highest BCUT2D eigenvalue weighted by molar-refractivity contribution is 7.47. The molecule has 0 saturated heterocycles. The van der Waals surface area contributed by atoms with Crippen LogP contribution in [0.5, 0.6) is 0 Å². The van der Waals surface area contributed by atoms with Crippen molar-refractivity contribution >= 4 is 13.7 Å². The van der Waals surface area contributed by atoms with Gasteiger partial charge in [0.25, 0.3) is 0 Å². The number of allylic oxidation sites excluding steroid dienone is 3. The number of aliphatic hydroxyl groups is 1. The highest BCUT2D eigenvalue weighted by Crippen LogP contribution is 2.43. The molecule has 0 rings (SSSR count). The lowest BCUT2D eigenvalue weighted by molar-refractivity contribution is -0.870. The number of carbonyl (C=O) groups is 1. The van der Waals surface area contributed by atoms with Crippen LogP contribution < -0.4 is 5.32 Å². The predicted octanol–water partition coefficient (Wildman–Crippen LogP) is 10.2. The molecule has 1 amide bonds. The average molecular weight is 702 g/mol. The first kappa shape index (κ1) is 47.0. The van der Waals surface area contributed by atoms with Crippen LogP contribution in [-0.4, -0.2) is 73.4 Å². The Morgan fingerprint density at radius 2 is 1.15 bits per heavy atom. The summed E-state index contributed by atoms with van der Waals surface area (Å²) in [5, 5.41) is 13.6. The van der Waals surface area contributed by atoms with Gasteiger partial charge in [0.05, 0.1) is 39.9 Å². The number of carbonyl (C=O) groups excluding carboxylic acids is 1. The number of rotatable bonds is 35. The van der Waals surface area contributed by atoms with Crippen LogP contribution in [0.15, 0.2) is 24.3 Å². The van der Waals surface area contributed by atoms with Gasteiger partial charge >= 0.3 is 7.82 Å². The molecule has 0 aromatic rings. The van der Waals surface area contributed by atoms with Gasteiger partial charge in [0.1, 0.15) is 13.2 Å².